The molecule has 0 radical (unpaired) electrons. The van der Waals surface area contributed by atoms with Crippen LogP contribution in [0.15, 0.2) is 48.5 Å². The molecule has 0 bridgehead atoms. The smallest absolute Gasteiger partial charge is 0.243 e. The van der Waals surface area contributed by atoms with Gasteiger partial charge in [0.1, 0.15) is 11.8 Å². The van der Waals surface area contributed by atoms with Gasteiger partial charge in [0.2, 0.25) is 15.9 Å². The summed E-state index contributed by atoms with van der Waals surface area (Å²) < 4.78 is 30.9. The zero-order valence-corrected chi connectivity index (χ0v) is 17.0. The molecule has 0 saturated carbocycles. The van der Waals surface area contributed by atoms with Gasteiger partial charge >= 0.3 is 0 Å². The van der Waals surface area contributed by atoms with Crippen LogP contribution in [0.4, 0.5) is 5.69 Å². The molecule has 0 saturated heterocycles. The SMILES string of the molecule is CCOc1ccc(CNC(=O)[C@@H](C)N(c2cccc(Cl)c2)S(C)(=O)=O)cc1. The summed E-state index contributed by atoms with van der Waals surface area (Å²) in [6.45, 7) is 4.31. The van der Waals surface area contributed by atoms with Crippen molar-refractivity contribution >= 4 is 33.2 Å². The third kappa shape index (κ3) is 5.87. The van der Waals surface area contributed by atoms with Crippen molar-refractivity contribution in [1.82, 2.24) is 5.32 Å². The number of rotatable bonds is 8. The summed E-state index contributed by atoms with van der Waals surface area (Å²) in [4.78, 5) is 12.6. The molecule has 2 aromatic carbocycles. The lowest BCUT2D eigenvalue weighted by Gasteiger charge is -2.28. The van der Waals surface area contributed by atoms with Crippen LogP contribution in [0.3, 0.4) is 0 Å². The molecule has 6 nitrogen and oxygen atoms in total. The van der Waals surface area contributed by atoms with Crippen molar-refractivity contribution in [2.24, 2.45) is 0 Å². The van der Waals surface area contributed by atoms with E-state index in [0.717, 1.165) is 21.9 Å². The predicted octanol–water partition coefficient (Wildman–Crippen LogP) is 3.21. The van der Waals surface area contributed by atoms with Gasteiger partial charge in [-0.15, -0.1) is 0 Å². The normalized spacial score (nSPS) is 12.3. The summed E-state index contributed by atoms with van der Waals surface area (Å²) >= 11 is 5.97. The molecule has 0 aliphatic rings. The summed E-state index contributed by atoms with van der Waals surface area (Å²) in [5.41, 5.74) is 1.22. The molecule has 1 amide bonds. The number of amides is 1. The van der Waals surface area contributed by atoms with Crippen LogP contribution in [0.25, 0.3) is 0 Å². The number of ether oxygens (including phenoxy) is 1. The number of nitrogens with one attached hydrogen (secondary N) is 1. The Morgan fingerprint density at radius 3 is 2.44 bits per heavy atom. The maximum absolute atomic E-state index is 12.6. The number of carbonyl (C=O) groups is 1. The molecule has 0 aliphatic carbocycles. The molecule has 0 spiro atoms. The first-order chi connectivity index (χ1) is 12.7. The summed E-state index contributed by atoms with van der Waals surface area (Å²) in [5.74, 6) is 0.347. The second kappa shape index (κ2) is 9.10. The van der Waals surface area contributed by atoms with Gasteiger partial charge in [0.25, 0.3) is 0 Å². The van der Waals surface area contributed by atoms with Crippen LogP contribution in [-0.2, 0) is 21.4 Å². The number of hydrogen-bond acceptors (Lipinski definition) is 4. The molecule has 146 valence electrons. The van der Waals surface area contributed by atoms with Gasteiger partial charge in [0, 0.05) is 11.6 Å². The number of halogens is 1. The summed E-state index contributed by atoms with van der Waals surface area (Å²) in [6, 6.07) is 12.8. The lowest BCUT2D eigenvalue weighted by molar-refractivity contribution is -0.122. The maximum atomic E-state index is 12.6. The van der Waals surface area contributed by atoms with Gasteiger partial charge in [-0.3, -0.25) is 9.10 Å². The van der Waals surface area contributed by atoms with Crippen LogP contribution in [0.5, 0.6) is 5.75 Å². The van der Waals surface area contributed by atoms with Gasteiger partial charge in [-0.25, -0.2) is 8.42 Å². The fourth-order valence-corrected chi connectivity index (χ4v) is 3.98. The van der Waals surface area contributed by atoms with Crippen LogP contribution in [0.2, 0.25) is 5.02 Å². The largest absolute Gasteiger partial charge is 0.494 e. The standard InChI is InChI=1S/C19H23ClN2O4S/c1-4-26-18-10-8-15(9-11-18)13-21-19(23)14(2)22(27(3,24)25)17-7-5-6-16(20)12-17/h5-12,14H,4,13H2,1-3H3,(H,21,23)/t14-/m1/s1. The number of carbonyl (C=O) groups excluding carboxylic acids is 1. The van der Waals surface area contributed by atoms with E-state index in [2.05, 4.69) is 5.32 Å². The summed E-state index contributed by atoms with van der Waals surface area (Å²) in [5, 5.41) is 3.16. The molecule has 1 N–H and O–H groups in total. The van der Waals surface area contributed by atoms with Gasteiger partial charge < -0.3 is 10.1 Å². The summed E-state index contributed by atoms with van der Waals surface area (Å²) in [6.07, 6.45) is 1.06. The second-order valence-electron chi connectivity index (χ2n) is 6.01. The average Bonchev–Trinajstić information content (AvgIpc) is 2.60. The van der Waals surface area contributed by atoms with Crippen molar-refractivity contribution in [2.75, 3.05) is 17.2 Å². The first-order valence-corrected chi connectivity index (χ1v) is 10.7. The molecule has 0 heterocycles. The molecule has 27 heavy (non-hydrogen) atoms. The highest BCUT2D eigenvalue weighted by atomic mass is 35.5. The quantitative estimate of drug-likeness (QED) is 0.725. The Kier molecular flexibility index (Phi) is 7.10. The molecular formula is C19H23ClN2O4S. The van der Waals surface area contributed by atoms with Gasteiger partial charge in [0.05, 0.1) is 18.6 Å². The number of benzene rings is 2. The highest BCUT2D eigenvalue weighted by Gasteiger charge is 2.29. The van der Waals surface area contributed by atoms with Crippen molar-refractivity contribution in [2.45, 2.75) is 26.4 Å². The van der Waals surface area contributed by atoms with Crippen molar-refractivity contribution in [1.29, 1.82) is 0 Å². The second-order valence-corrected chi connectivity index (χ2v) is 8.31. The molecule has 1 atom stereocenters. The molecule has 0 aromatic heterocycles. The number of nitrogens with zero attached hydrogens (tertiary/aromatic N) is 1. The third-order valence-electron chi connectivity index (χ3n) is 3.85. The topological polar surface area (TPSA) is 75.7 Å². The lowest BCUT2D eigenvalue weighted by atomic mass is 10.2. The maximum Gasteiger partial charge on any atom is 0.243 e. The minimum Gasteiger partial charge on any atom is -0.494 e. The number of hydrogen-bond donors (Lipinski definition) is 1. The van der Waals surface area contributed by atoms with Crippen LogP contribution in [0, 0.1) is 0 Å². The monoisotopic (exact) mass is 410 g/mol. The van der Waals surface area contributed by atoms with Crippen molar-refractivity contribution in [3.05, 3.63) is 59.1 Å². The van der Waals surface area contributed by atoms with Crippen molar-refractivity contribution in [3.63, 3.8) is 0 Å². The van der Waals surface area contributed by atoms with E-state index in [1.165, 1.54) is 13.0 Å². The highest BCUT2D eigenvalue weighted by Crippen LogP contribution is 2.24. The van der Waals surface area contributed by atoms with Crippen molar-refractivity contribution < 1.29 is 17.9 Å². The van der Waals surface area contributed by atoms with Crippen LogP contribution < -0.4 is 14.4 Å². The molecule has 2 rings (SSSR count). The number of sulfonamides is 1. The highest BCUT2D eigenvalue weighted by molar-refractivity contribution is 7.92. The first kappa shape index (κ1) is 21.1. The van der Waals surface area contributed by atoms with E-state index in [9.17, 15) is 13.2 Å². The Balaban J connectivity index is 2.11. The molecule has 0 unspecified atom stereocenters. The Bertz CT molecular complexity index is 885. The molecule has 0 aliphatic heterocycles. The molecule has 0 fully saturated rings. The van der Waals surface area contributed by atoms with Gasteiger partial charge in [0.15, 0.2) is 0 Å². The molecule has 2 aromatic rings. The minimum atomic E-state index is -3.68. The predicted molar refractivity (Wildman–Crippen MR) is 108 cm³/mol. The van der Waals surface area contributed by atoms with Crippen LogP contribution >= 0.6 is 11.6 Å². The first-order valence-electron chi connectivity index (χ1n) is 8.46. The van der Waals surface area contributed by atoms with E-state index in [4.69, 9.17) is 16.3 Å². The number of anilines is 1. The lowest BCUT2D eigenvalue weighted by Crippen LogP contribution is -2.47. The fraction of sp³-hybridized carbons (Fsp3) is 0.316. The fourth-order valence-electron chi connectivity index (χ4n) is 2.63. The molecular weight excluding hydrogens is 388 g/mol. The Hall–Kier alpha value is -2.25. The van der Waals surface area contributed by atoms with Crippen molar-refractivity contribution in [3.8, 4) is 5.75 Å². The zero-order valence-electron chi connectivity index (χ0n) is 15.5. The van der Waals surface area contributed by atoms with E-state index in [1.54, 1.807) is 18.2 Å². The van der Waals surface area contributed by atoms with Crippen LogP contribution in [0.1, 0.15) is 19.4 Å². The van der Waals surface area contributed by atoms with Gasteiger partial charge in [-0.2, -0.15) is 0 Å². The minimum absolute atomic E-state index is 0.280. The van der Waals surface area contributed by atoms with E-state index in [-0.39, 0.29) is 6.54 Å². The zero-order chi connectivity index (χ0) is 20.0. The average molecular weight is 411 g/mol. The van der Waals surface area contributed by atoms with E-state index in [1.807, 2.05) is 31.2 Å². The van der Waals surface area contributed by atoms with Gasteiger partial charge in [-0.05, 0) is 49.7 Å². The molecule has 8 heteroatoms. The third-order valence-corrected chi connectivity index (χ3v) is 5.33. The van der Waals surface area contributed by atoms with Crippen LogP contribution in [-0.4, -0.2) is 33.2 Å². The Morgan fingerprint density at radius 1 is 1.22 bits per heavy atom. The Labute approximate surface area is 165 Å². The Morgan fingerprint density at radius 2 is 1.89 bits per heavy atom. The van der Waals surface area contributed by atoms with E-state index in [0.29, 0.717) is 17.3 Å². The van der Waals surface area contributed by atoms with Gasteiger partial charge in [-0.1, -0.05) is 29.8 Å². The van der Waals surface area contributed by atoms with E-state index >= 15 is 0 Å². The van der Waals surface area contributed by atoms with E-state index < -0.39 is 22.0 Å². The summed E-state index contributed by atoms with van der Waals surface area (Å²) in [7, 11) is -3.68.